The Morgan fingerprint density at radius 3 is 2.61 bits per heavy atom. The van der Waals surface area contributed by atoms with E-state index in [2.05, 4.69) is 16.5 Å². The summed E-state index contributed by atoms with van der Waals surface area (Å²) >= 11 is 0. The Labute approximate surface area is 180 Å². The zero-order valence-corrected chi connectivity index (χ0v) is 17.0. The van der Waals surface area contributed by atoms with Crippen LogP contribution in [0, 0.1) is 0 Å². The Balaban J connectivity index is 1.52. The maximum Gasteiger partial charge on any atom is 0.246 e. The number of aromatic nitrogens is 2. The summed E-state index contributed by atoms with van der Waals surface area (Å²) in [6, 6.07) is 15.4. The highest BCUT2D eigenvalue weighted by Gasteiger charge is 2.21. The van der Waals surface area contributed by atoms with Gasteiger partial charge in [0.2, 0.25) is 5.91 Å². The lowest BCUT2D eigenvalue weighted by atomic mass is 10.0. The highest BCUT2D eigenvalue weighted by Crippen LogP contribution is 2.34. The van der Waals surface area contributed by atoms with E-state index in [1.54, 1.807) is 12.1 Å². The van der Waals surface area contributed by atoms with Crippen LogP contribution < -0.4 is 4.90 Å². The van der Waals surface area contributed by atoms with Crippen LogP contribution in [0.4, 0.5) is 5.69 Å². The third-order valence-corrected chi connectivity index (χ3v) is 5.83. The topological polar surface area (TPSA) is 69.6 Å². The molecule has 0 aliphatic carbocycles. The van der Waals surface area contributed by atoms with E-state index in [1.165, 1.54) is 6.08 Å². The van der Waals surface area contributed by atoms with Crippen LogP contribution in [0.2, 0.25) is 0 Å². The Morgan fingerprint density at radius 2 is 1.81 bits per heavy atom. The minimum atomic E-state index is -0.0242. The minimum absolute atomic E-state index is 0.0242. The Morgan fingerprint density at radius 1 is 1.00 bits per heavy atom. The van der Waals surface area contributed by atoms with Crippen LogP contribution in [0.15, 0.2) is 73.6 Å². The van der Waals surface area contributed by atoms with Crippen molar-refractivity contribution in [3.8, 4) is 17.0 Å². The number of carbonyl (C=O) groups excluding carboxylic acids is 1. The number of amides is 1. The van der Waals surface area contributed by atoms with E-state index in [1.807, 2.05) is 53.7 Å². The van der Waals surface area contributed by atoms with E-state index in [9.17, 15) is 9.90 Å². The second-order valence-corrected chi connectivity index (χ2v) is 7.65. The number of hydrogen-bond acceptors (Lipinski definition) is 5. The highest BCUT2D eigenvalue weighted by molar-refractivity contribution is 5.99. The molecule has 31 heavy (non-hydrogen) atoms. The lowest BCUT2D eigenvalue weighted by Gasteiger charge is -2.36. The predicted molar refractivity (Wildman–Crippen MR) is 123 cm³/mol. The van der Waals surface area contributed by atoms with Crippen LogP contribution in [0.1, 0.15) is 0 Å². The molecule has 1 N–H and O–H groups in total. The van der Waals surface area contributed by atoms with E-state index >= 15 is 0 Å². The number of pyridine rings is 2. The number of rotatable bonds is 3. The van der Waals surface area contributed by atoms with E-state index in [0.29, 0.717) is 13.1 Å². The molecule has 0 bridgehead atoms. The molecule has 1 fully saturated rings. The van der Waals surface area contributed by atoms with Crippen molar-refractivity contribution in [3.05, 3.63) is 73.6 Å². The van der Waals surface area contributed by atoms with Crippen LogP contribution in [0.5, 0.6) is 5.75 Å². The van der Waals surface area contributed by atoms with Gasteiger partial charge in [0.1, 0.15) is 5.75 Å². The molecule has 3 heterocycles. The summed E-state index contributed by atoms with van der Waals surface area (Å²) in [5, 5.41) is 13.2. The second kappa shape index (κ2) is 7.72. The van der Waals surface area contributed by atoms with E-state index in [0.717, 1.165) is 51.7 Å². The van der Waals surface area contributed by atoms with Gasteiger partial charge in [-0.15, -0.1) is 0 Å². The standard InChI is InChI=1S/C25H22N4O2/c1-2-25(31)29-11-9-28(10-12-29)24-7-8-26-23-15-22(27-16-21(23)24)20-14-18(30)13-17-5-3-4-6-19(17)20/h2-8,13-16,30H,1,9-12H2. The van der Waals surface area contributed by atoms with Gasteiger partial charge in [0.25, 0.3) is 0 Å². The maximum absolute atomic E-state index is 11.9. The number of phenolic OH excluding ortho intramolecular Hbond substituents is 1. The zero-order valence-electron chi connectivity index (χ0n) is 17.0. The first kappa shape index (κ1) is 19.1. The highest BCUT2D eigenvalue weighted by atomic mass is 16.3. The van der Waals surface area contributed by atoms with Gasteiger partial charge < -0.3 is 14.9 Å². The number of hydrogen-bond donors (Lipinski definition) is 1. The van der Waals surface area contributed by atoms with E-state index in [4.69, 9.17) is 4.98 Å². The zero-order chi connectivity index (χ0) is 21.4. The number of benzene rings is 2. The summed E-state index contributed by atoms with van der Waals surface area (Å²) in [7, 11) is 0. The van der Waals surface area contributed by atoms with E-state index < -0.39 is 0 Å². The first-order valence-electron chi connectivity index (χ1n) is 10.3. The van der Waals surface area contributed by atoms with Crippen molar-refractivity contribution in [1.29, 1.82) is 0 Å². The molecule has 0 unspecified atom stereocenters. The maximum atomic E-state index is 11.9. The number of phenols is 1. The van der Waals surface area contributed by atoms with Gasteiger partial charge in [-0.1, -0.05) is 30.8 Å². The average Bonchev–Trinajstić information content (AvgIpc) is 2.82. The number of nitrogens with zero attached hydrogens (tertiary/aromatic N) is 4. The number of carbonyl (C=O) groups is 1. The van der Waals surface area contributed by atoms with Crippen molar-refractivity contribution in [3.63, 3.8) is 0 Å². The molecule has 6 nitrogen and oxygen atoms in total. The fourth-order valence-corrected chi connectivity index (χ4v) is 4.25. The number of anilines is 1. The third-order valence-electron chi connectivity index (χ3n) is 5.83. The number of piperazine rings is 1. The summed E-state index contributed by atoms with van der Waals surface area (Å²) in [4.78, 5) is 25.2. The molecule has 1 aliphatic rings. The fraction of sp³-hybridized carbons (Fsp3) is 0.160. The van der Waals surface area contributed by atoms with Crippen molar-refractivity contribution in [2.24, 2.45) is 0 Å². The average molecular weight is 410 g/mol. The van der Waals surface area contributed by atoms with Crippen molar-refractivity contribution in [2.75, 3.05) is 31.1 Å². The fourth-order valence-electron chi connectivity index (χ4n) is 4.25. The van der Waals surface area contributed by atoms with Crippen LogP contribution in [-0.2, 0) is 4.79 Å². The molecule has 154 valence electrons. The van der Waals surface area contributed by atoms with Gasteiger partial charge in [0, 0.05) is 55.2 Å². The molecule has 0 radical (unpaired) electrons. The molecule has 2 aromatic carbocycles. The van der Waals surface area contributed by atoms with Crippen LogP contribution >= 0.6 is 0 Å². The molecule has 0 spiro atoms. The Kier molecular flexibility index (Phi) is 4.75. The van der Waals surface area contributed by atoms with Crippen LogP contribution in [0.25, 0.3) is 32.9 Å². The largest absolute Gasteiger partial charge is 0.508 e. The van der Waals surface area contributed by atoms with Gasteiger partial charge in [-0.05, 0) is 41.1 Å². The van der Waals surface area contributed by atoms with Gasteiger partial charge in [-0.3, -0.25) is 14.8 Å². The molecular formula is C25H22N4O2. The van der Waals surface area contributed by atoms with E-state index in [-0.39, 0.29) is 11.7 Å². The number of fused-ring (bicyclic) bond motifs is 2. The molecule has 0 atom stereocenters. The summed E-state index contributed by atoms with van der Waals surface area (Å²) in [6.07, 6.45) is 5.03. The molecule has 2 aromatic heterocycles. The van der Waals surface area contributed by atoms with Gasteiger partial charge in [-0.25, -0.2) is 0 Å². The van der Waals surface area contributed by atoms with Gasteiger partial charge >= 0.3 is 0 Å². The molecule has 1 saturated heterocycles. The smallest absolute Gasteiger partial charge is 0.246 e. The monoisotopic (exact) mass is 410 g/mol. The van der Waals surface area contributed by atoms with Crippen LogP contribution in [0.3, 0.4) is 0 Å². The number of aromatic hydroxyl groups is 1. The van der Waals surface area contributed by atoms with Gasteiger partial charge in [-0.2, -0.15) is 0 Å². The minimum Gasteiger partial charge on any atom is -0.508 e. The van der Waals surface area contributed by atoms with Gasteiger partial charge in [0.05, 0.1) is 11.2 Å². The van der Waals surface area contributed by atoms with Crippen molar-refractivity contribution in [2.45, 2.75) is 0 Å². The lowest BCUT2D eigenvalue weighted by Crippen LogP contribution is -2.48. The Bertz CT molecular complexity index is 1310. The molecule has 5 rings (SSSR count). The molecule has 6 heteroatoms. The molecule has 0 saturated carbocycles. The van der Waals surface area contributed by atoms with Gasteiger partial charge in [0.15, 0.2) is 0 Å². The SMILES string of the molecule is C=CC(=O)N1CCN(c2ccnc3cc(-c4cc(O)cc5ccccc45)ncc23)CC1. The normalized spacial score (nSPS) is 14.2. The van der Waals surface area contributed by atoms with Crippen molar-refractivity contribution < 1.29 is 9.90 Å². The van der Waals surface area contributed by atoms with Crippen molar-refractivity contribution >= 4 is 33.3 Å². The summed E-state index contributed by atoms with van der Waals surface area (Å²) in [6.45, 7) is 6.39. The summed E-state index contributed by atoms with van der Waals surface area (Å²) < 4.78 is 0. The quantitative estimate of drug-likeness (QED) is 0.517. The molecule has 4 aromatic rings. The summed E-state index contributed by atoms with van der Waals surface area (Å²) in [5.41, 5.74) is 3.56. The first-order valence-corrected chi connectivity index (χ1v) is 10.3. The Hall–Kier alpha value is -3.93. The summed E-state index contributed by atoms with van der Waals surface area (Å²) in [5.74, 6) is 0.188. The van der Waals surface area contributed by atoms with Crippen molar-refractivity contribution in [1.82, 2.24) is 14.9 Å². The van der Waals surface area contributed by atoms with Crippen LogP contribution in [-0.4, -0.2) is 52.1 Å². The molecule has 1 amide bonds. The molecular weight excluding hydrogens is 388 g/mol. The second-order valence-electron chi connectivity index (χ2n) is 7.65. The predicted octanol–water partition coefficient (Wildman–Crippen LogP) is 3.99. The lowest BCUT2D eigenvalue weighted by molar-refractivity contribution is -0.126. The molecule has 1 aliphatic heterocycles. The third kappa shape index (κ3) is 3.46. The first-order chi connectivity index (χ1) is 15.1.